The summed E-state index contributed by atoms with van der Waals surface area (Å²) in [6, 6.07) is 0.427. The summed E-state index contributed by atoms with van der Waals surface area (Å²) in [5.41, 5.74) is 0. The fourth-order valence-electron chi connectivity index (χ4n) is 1.96. The summed E-state index contributed by atoms with van der Waals surface area (Å²) >= 11 is 5.32. The number of nitrogens with zero attached hydrogens (tertiary/aromatic N) is 2. The summed E-state index contributed by atoms with van der Waals surface area (Å²) in [5.74, 6) is -0.607. The Morgan fingerprint density at radius 3 is 2.31 bits per heavy atom. The molecule has 0 radical (unpaired) electrons. The van der Waals surface area contributed by atoms with Crippen molar-refractivity contribution in [1.29, 1.82) is 0 Å². The van der Waals surface area contributed by atoms with Crippen molar-refractivity contribution in [3.8, 4) is 0 Å². The predicted octanol–water partition coefficient (Wildman–Crippen LogP) is 0.241. The molecule has 0 atom stereocenters. The highest BCUT2D eigenvalue weighted by Crippen LogP contribution is 2.27. The molecular formula is C10H16ClN3O2. The lowest BCUT2D eigenvalue weighted by atomic mass is 10.3. The van der Waals surface area contributed by atoms with Gasteiger partial charge in [0, 0.05) is 32.2 Å². The molecule has 6 heteroatoms. The van der Waals surface area contributed by atoms with Crippen molar-refractivity contribution in [2.24, 2.45) is 0 Å². The smallest absolute Gasteiger partial charge is 0.322 e. The van der Waals surface area contributed by atoms with Crippen LogP contribution in [0.25, 0.3) is 0 Å². The zero-order valence-electron chi connectivity index (χ0n) is 9.12. The van der Waals surface area contributed by atoms with Gasteiger partial charge in [-0.1, -0.05) is 0 Å². The first-order chi connectivity index (χ1) is 7.70. The molecule has 2 fully saturated rings. The molecule has 0 unspecified atom stereocenters. The maximum Gasteiger partial charge on any atom is 0.324 e. The van der Waals surface area contributed by atoms with Crippen LogP contribution in [0.5, 0.6) is 0 Å². The van der Waals surface area contributed by atoms with Crippen molar-refractivity contribution in [2.45, 2.75) is 18.9 Å². The first kappa shape index (κ1) is 11.7. The van der Waals surface area contributed by atoms with E-state index in [2.05, 4.69) is 10.2 Å². The average Bonchev–Trinajstić information content (AvgIpc) is 3.13. The van der Waals surface area contributed by atoms with Gasteiger partial charge < -0.3 is 4.90 Å². The van der Waals surface area contributed by atoms with Gasteiger partial charge in [0.15, 0.2) is 0 Å². The molecule has 1 N–H and O–H groups in total. The monoisotopic (exact) mass is 245 g/mol. The van der Waals surface area contributed by atoms with Crippen LogP contribution in [0.3, 0.4) is 0 Å². The second kappa shape index (κ2) is 5.01. The summed E-state index contributed by atoms with van der Waals surface area (Å²) in [5, 5.41) is 2.26. The number of imide groups is 1. The number of rotatable bonds is 2. The first-order valence-corrected chi connectivity index (χ1v) is 6.13. The normalized spacial score (nSPS) is 21.9. The molecular weight excluding hydrogens is 230 g/mol. The third kappa shape index (κ3) is 2.86. The van der Waals surface area contributed by atoms with E-state index in [4.69, 9.17) is 11.6 Å². The highest BCUT2D eigenvalue weighted by molar-refractivity contribution is 6.28. The van der Waals surface area contributed by atoms with Gasteiger partial charge in [-0.15, -0.1) is 11.6 Å². The van der Waals surface area contributed by atoms with Gasteiger partial charge in [0.2, 0.25) is 5.91 Å². The van der Waals surface area contributed by atoms with Gasteiger partial charge in [-0.25, -0.2) is 4.79 Å². The van der Waals surface area contributed by atoms with E-state index >= 15 is 0 Å². The van der Waals surface area contributed by atoms with Crippen LogP contribution in [0.4, 0.5) is 4.79 Å². The van der Waals surface area contributed by atoms with Crippen LogP contribution in [0, 0.1) is 0 Å². The third-order valence-electron chi connectivity index (χ3n) is 3.03. The first-order valence-electron chi connectivity index (χ1n) is 5.59. The zero-order chi connectivity index (χ0) is 11.5. The van der Waals surface area contributed by atoms with Crippen molar-refractivity contribution in [2.75, 3.05) is 32.1 Å². The molecule has 1 heterocycles. The number of halogens is 1. The molecule has 5 nitrogen and oxygen atoms in total. The van der Waals surface area contributed by atoms with Crippen LogP contribution >= 0.6 is 11.6 Å². The van der Waals surface area contributed by atoms with Gasteiger partial charge in [0.1, 0.15) is 5.88 Å². The molecule has 1 saturated carbocycles. The van der Waals surface area contributed by atoms with Crippen LogP contribution in [-0.4, -0.2) is 59.8 Å². The Morgan fingerprint density at radius 2 is 1.81 bits per heavy atom. The quantitative estimate of drug-likeness (QED) is 0.710. The molecule has 1 aliphatic heterocycles. The molecule has 16 heavy (non-hydrogen) atoms. The second-order valence-electron chi connectivity index (χ2n) is 4.24. The number of hydrogen-bond donors (Lipinski definition) is 1. The van der Waals surface area contributed by atoms with E-state index in [0.717, 1.165) is 19.1 Å². The van der Waals surface area contributed by atoms with Crippen molar-refractivity contribution in [3.63, 3.8) is 0 Å². The second-order valence-corrected chi connectivity index (χ2v) is 4.51. The fourth-order valence-corrected chi connectivity index (χ4v) is 2.03. The number of amides is 3. The number of carbonyl (C=O) groups is 2. The molecule has 2 aliphatic rings. The molecule has 0 aromatic rings. The van der Waals surface area contributed by atoms with E-state index in [1.165, 1.54) is 12.8 Å². The van der Waals surface area contributed by atoms with Gasteiger partial charge in [-0.2, -0.15) is 0 Å². The van der Waals surface area contributed by atoms with Crippen LogP contribution in [0.2, 0.25) is 0 Å². The molecule has 0 spiro atoms. The Morgan fingerprint density at radius 1 is 1.19 bits per heavy atom. The van der Waals surface area contributed by atoms with E-state index in [-0.39, 0.29) is 11.9 Å². The number of alkyl halides is 1. The van der Waals surface area contributed by atoms with E-state index in [9.17, 15) is 9.59 Å². The molecule has 3 amide bonds. The highest BCUT2D eigenvalue weighted by Gasteiger charge is 2.32. The number of nitrogens with one attached hydrogen (secondary N) is 1. The van der Waals surface area contributed by atoms with Gasteiger partial charge >= 0.3 is 6.03 Å². The van der Waals surface area contributed by atoms with E-state index in [0.29, 0.717) is 13.1 Å². The molecule has 0 aromatic carbocycles. The minimum atomic E-state index is -0.434. The summed E-state index contributed by atoms with van der Waals surface area (Å²) in [7, 11) is 0. The summed E-state index contributed by atoms with van der Waals surface area (Å²) < 4.78 is 0. The lowest BCUT2D eigenvalue weighted by Gasteiger charge is -2.34. The largest absolute Gasteiger partial charge is 0.324 e. The summed E-state index contributed by atoms with van der Waals surface area (Å²) in [4.78, 5) is 26.6. The molecule has 0 bridgehead atoms. The van der Waals surface area contributed by atoms with Crippen molar-refractivity contribution < 1.29 is 9.59 Å². The lowest BCUT2D eigenvalue weighted by molar-refractivity contribution is -0.117. The molecule has 1 saturated heterocycles. The third-order valence-corrected chi connectivity index (χ3v) is 3.28. The van der Waals surface area contributed by atoms with E-state index in [1.54, 1.807) is 4.90 Å². The highest BCUT2D eigenvalue weighted by atomic mass is 35.5. The SMILES string of the molecule is O=C(CCl)NC(=O)N1CCN(C2CC2)CC1. The van der Waals surface area contributed by atoms with Crippen molar-refractivity contribution in [3.05, 3.63) is 0 Å². The predicted molar refractivity (Wildman–Crippen MR) is 60.4 cm³/mol. The van der Waals surface area contributed by atoms with Gasteiger partial charge in [-0.05, 0) is 12.8 Å². The number of urea groups is 1. The maximum atomic E-state index is 11.6. The summed E-state index contributed by atoms with van der Waals surface area (Å²) in [6.07, 6.45) is 2.58. The standard InChI is InChI=1S/C10H16ClN3O2/c11-7-9(15)12-10(16)14-5-3-13(4-6-14)8-1-2-8/h8H,1-7H2,(H,12,15,16). The zero-order valence-corrected chi connectivity index (χ0v) is 9.87. The van der Waals surface area contributed by atoms with E-state index < -0.39 is 5.91 Å². The van der Waals surface area contributed by atoms with Crippen molar-refractivity contribution in [1.82, 2.24) is 15.1 Å². The van der Waals surface area contributed by atoms with Crippen LogP contribution < -0.4 is 5.32 Å². The molecule has 90 valence electrons. The fraction of sp³-hybridized carbons (Fsp3) is 0.800. The maximum absolute atomic E-state index is 11.6. The summed E-state index contributed by atoms with van der Waals surface area (Å²) in [6.45, 7) is 3.20. The Kier molecular flexibility index (Phi) is 3.66. The minimum absolute atomic E-state index is 0.173. The number of hydrogen-bond acceptors (Lipinski definition) is 3. The van der Waals surface area contributed by atoms with Crippen LogP contribution in [0.15, 0.2) is 0 Å². The van der Waals surface area contributed by atoms with Crippen molar-refractivity contribution >= 4 is 23.5 Å². The number of piperazine rings is 1. The topological polar surface area (TPSA) is 52.7 Å². The number of carbonyl (C=O) groups excluding carboxylic acids is 2. The molecule has 0 aromatic heterocycles. The average molecular weight is 246 g/mol. The Hall–Kier alpha value is -0.810. The molecule has 1 aliphatic carbocycles. The Bertz CT molecular complexity index is 286. The van der Waals surface area contributed by atoms with Gasteiger partial charge in [0.25, 0.3) is 0 Å². The lowest BCUT2D eigenvalue weighted by Crippen LogP contribution is -2.53. The Labute approximate surface area is 99.7 Å². The van der Waals surface area contributed by atoms with Crippen LogP contribution in [0.1, 0.15) is 12.8 Å². The van der Waals surface area contributed by atoms with Gasteiger partial charge in [-0.3, -0.25) is 15.0 Å². The minimum Gasteiger partial charge on any atom is -0.322 e. The van der Waals surface area contributed by atoms with Gasteiger partial charge in [0.05, 0.1) is 0 Å². The van der Waals surface area contributed by atoms with E-state index in [1.807, 2.05) is 0 Å². The Balaban J connectivity index is 1.74. The molecule has 2 rings (SSSR count). The van der Waals surface area contributed by atoms with Crippen LogP contribution in [-0.2, 0) is 4.79 Å².